The molecule has 1 aromatic heterocycles. The highest BCUT2D eigenvalue weighted by Gasteiger charge is 2.36. The van der Waals surface area contributed by atoms with Crippen LogP contribution in [0.3, 0.4) is 0 Å². The van der Waals surface area contributed by atoms with Crippen LogP contribution in [0.4, 0.5) is 28.8 Å². The second kappa shape index (κ2) is 8.68. The van der Waals surface area contributed by atoms with E-state index in [0.29, 0.717) is 18.7 Å². The van der Waals surface area contributed by atoms with E-state index in [0.717, 1.165) is 22.3 Å². The van der Waals surface area contributed by atoms with Crippen molar-refractivity contribution >= 4 is 38.3 Å². The number of rotatable bonds is 3. The van der Waals surface area contributed by atoms with Crippen molar-refractivity contribution in [2.75, 3.05) is 42.5 Å². The summed E-state index contributed by atoms with van der Waals surface area (Å²) in [5, 5.41) is 1.19. The van der Waals surface area contributed by atoms with E-state index in [1.54, 1.807) is 37.8 Å². The van der Waals surface area contributed by atoms with E-state index in [4.69, 9.17) is 4.74 Å². The summed E-state index contributed by atoms with van der Waals surface area (Å²) in [4.78, 5) is 19.4. The molecule has 2 aliphatic rings. The zero-order valence-electron chi connectivity index (χ0n) is 18.9. The number of hydrogen-bond donors (Lipinski definition) is 0. The van der Waals surface area contributed by atoms with E-state index >= 15 is 0 Å². The maximum atomic E-state index is 13.2. The van der Waals surface area contributed by atoms with Gasteiger partial charge in [-0.1, -0.05) is 0 Å². The summed E-state index contributed by atoms with van der Waals surface area (Å²) in [7, 11) is -3.80. The molecule has 0 spiro atoms. The number of piperazine rings is 1. The second-order valence-corrected chi connectivity index (χ2v) is 11.9. The first kappa shape index (κ1) is 24.7. The van der Waals surface area contributed by atoms with Crippen molar-refractivity contribution < 1.29 is 31.1 Å². The topological polar surface area (TPSA) is 83.0 Å². The van der Waals surface area contributed by atoms with Gasteiger partial charge in [-0.3, -0.25) is 4.90 Å². The molecule has 3 heterocycles. The molecule has 2 aliphatic heterocycles. The highest BCUT2D eigenvalue weighted by atomic mass is 32.2. The molecule has 0 bridgehead atoms. The largest absolute Gasteiger partial charge is 0.443 e. The summed E-state index contributed by atoms with van der Waals surface area (Å²) in [6.07, 6.45) is -4.47. The fourth-order valence-electron chi connectivity index (χ4n) is 3.85. The summed E-state index contributed by atoms with van der Waals surface area (Å²) in [6.45, 7) is 6.47. The number of ether oxygens (including phenoxy) is 1. The molecular formula is C21H25F3N4O4S2. The quantitative estimate of drug-likeness (QED) is 0.612. The molecule has 13 heteroatoms. The molecule has 0 aliphatic carbocycles. The number of sulfonamides is 1. The minimum absolute atomic E-state index is 0.124. The lowest BCUT2D eigenvalue weighted by Crippen LogP contribution is -2.48. The van der Waals surface area contributed by atoms with Crippen molar-refractivity contribution in [1.82, 2.24) is 9.29 Å². The number of benzene rings is 1. The van der Waals surface area contributed by atoms with E-state index < -0.39 is 33.6 Å². The molecule has 0 N–H and O–H groups in total. The smallest absolute Gasteiger partial charge is 0.434 e. The Kier molecular flexibility index (Phi) is 6.32. The second-order valence-electron chi connectivity index (χ2n) is 9.08. The van der Waals surface area contributed by atoms with Gasteiger partial charge in [0.25, 0.3) is 0 Å². The predicted molar refractivity (Wildman–Crippen MR) is 122 cm³/mol. The lowest BCUT2D eigenvalue weighted by molar-refractivity contribution is -0.140. The summed E-state index contributed by atoms with van der Waals surface area (Å²) >= 11 is 0.892. The molecule has 0 atom stereocenters. The molecular weight excluding hydrogens is 493 g/mol. The first-order chi connectivity index (χ1) is 15.8. The normalized spacial score (nSPS) is 17.7. The van der Waals surface area contributed by atoms with Gasteiger partial charge >= 0.3 is 12.3 Å². The first-order valence-corrected chi connectivity index (χ1v) is 13.0. The SMILES string of the molecule is CC(C)(C)OC(=O)N1CCc2cc(S(=O)(=O)N3CCN(c4nc(C(F)(F)F)cs4)CC3)ccc21. The molecule has 8 nitrogen and oxygen atoms in total. The van der Waals surface area contributed by atoms with Gasteiger partial charge in [0.2, 0.25) is 10.0 Å². The molecule has 34 heavy (non-hydrogen) atoms. The van der Waals surface area contributed by atoms with Crippen molar-refractivity contribution in [2.45, 2.75) is 43.9 Å². The number of carbonyl (C=O) groups excluding carboxylic acids is 1. The molecule has 4 rings (SSSR count). The first-order valence-electron chi connectivity index (χ1n) is 10.7. The third kappa shape index (κ3) is 5.01. The van der Waals surface area contributed by atoms with Gasteiger partial charge in [0.05, 0.1) is 10.6 Å². The van der Waals surface area contributed by atoms with E-state index in [-0.39, 0.29) is 36.2 Å². The third-order valence-electron chi connectivity index (χ3n) is 5.49. The van der Waals surface area contributed by atoms with Crippen LogP contribution in [0.1, 0.15) is 32.0 Å². The van der Waals surface area contributed by atoms with Crippen LogP contribution in [-0.4, -0.2) is 62.1 Å². The van der Waals surface area contributed by atoms with Crippen LogP contribution < -0.4 is 9.80 Å². The zero-order chi connectivity index (χ0) is 24.9. The van der Waals surface area contributed by atoms with Gasteiger partial charge in [-0.05, 0) is 51.0 Å². The predicted octanol–water partition coefficient (Wildman–Crippen LogP) is 3.97. The maximum Gasteiger partial charge on any atom is 0.434 e. The van der Waals surface area contributed by atoms with E-state index in [1.807, 2.05) is 0 Å². The Hall–Kier alpha value is -2.38. The van der Waals surface area contributed by atoms with Crippen LogP contribution in [0.5, 0.6) is 0 Å². The van der Waals surface area contributed by atoms with Crippen molar-refractivity contribution in [3.8, 4) is 0 Å². The highest BCUT2D eigenvalue weighted by molar-refractivity contribution is 7.89. The van der Waals surface area contributed by atoms with Crippen LogP contribution in [0.25, 0.3) is 0 Å². The molecule has 1 aromatic carbocycles. The van der Waals surface area contributed by atoms with Gasteiger partial charge in [0.1, 0.15) is 5.60 Å². The highest BCUT2D eigenvalue weighted by Crippen LogP contribution is 2.35. The zero-order valence-corrected chi connectivity index (χ0v) is 20.6. The molecule has 186 valence electrons. The van der Waals surface area contributed by atoms with Crippen LogP contribution >= 0.6 is 11.3 Å². The average Bonchev–Trinajstić information content (AvgIpc) is 3.39. The standard InChI is InChI=1S/C21H25F3N4O4S2/c1-20(2,3)32-19(29)28-7-6-14-12-15(4-5-16(14)28)34(30,31)27-10-8-26(9-11-27)18-25-17(13-33-18)21(22,23)24/h4-5,12-13H,6-11H2,1-3H3. The minimum Gasteiger partial charge on any atom is -0.443 e. The van der Waals surface area contributed by atoms with Crippen LogP contribution in [0.2, 0.25) is 0 Å². The van der Waals surface area contributed by atoms with Crippen molar-refractivity contribution in [2.24, 2.45) is 0 Å². The van der Waals surface area contributed by atoms with Gasteiger partial charge in [0.15, 0.2) is 10.8 Å². The molecule has 0 radical (unpaired) electrons. The monoisotopic (exact) mass is 518 g/mol. The Balaban J connectivity index is 1.44. The van der Waals surface area contributed by atoms with Crippen LogP contribution in [0.15, 0.2) is 28.5 Å². The molecule has 1 saturated heterocycles. The van der Waals surface area contributed by atoms with Gasteiger partial charge in [0, 0.05) is 38.1 Å². The summed E-state index contributed by atoms with van der Waals surface area (Å²) in [5.41, 5.74) is -0.213. The Bertz CT molecular complexity index is 1180. The minimum atomic E-state index is -4.51. The molecule has 1 fully saturated rings. The number of thiazole rings is 1. The van der Waals surface area contributed by atoms with Gasteiger partial charge in [-0.25, -0.2) is 18.2 Å². The average molecular weight is 519 g/mol. The van der Waals surface area contributed by atoms with Crippen LogP contribution in [-0.2, 0) is 27.4 Å². The Labute approximate surface area is 200 Å². The summed E-state index contributed by atoms with van der Waals surface area (Å²) in [6, 6.07) is 4.67. The number of anilines is 2. The lowest BCUT2D eigenvalue weighted by atomic mass is 10.2. The van der Waals surface area contributed by atoms with E-state index in [1.165, 1.54) is 15.3 Å². The van der Waals surface area contributed by atoms with Crippen molar-refractivity contribution in [3.63, 3.8) is 0 Å². The third-order valence-corrected chi connectivity index (χ3v) is 8.29. The lowest BCUT2D eigenvalue weighted by Gasteiger charge is -2.33. The summed E-state index contributed by atoms with van der Waals surface area (Å²) < 4.78 is 71.6. The number of amides is 1. The van der Waals surface area contributed by atoms with Crippen LogP contribution in [0, 0.1) is 0 Å². The number of hydrogen-bond acceptors (Lipinski definition) is 7. The molecule has 1 amide bonds. The maximum absolute atomic E-state index is 13.2. The van der Waals surface area contributed by atoms with E-state index in [2.05, 4.69) is 4.98 Å². The fraction of sp³-hybridized carbons (Fsp3) is 0.524. The number of nitrogens with zero attached hydrogens (tertiary/aromatic N) is 4. The van der Waals surface area contributed by atoms with Gasteiger partial charge in [-0.2, -0.15) is 17.5 Å². The number of aromatic nitrogens is 1. The molecule has 0 saturated carbocycles. The van der Waals surface area contributed by atoms with Crippen molar-refractivity contribution in [3.05, 3.63) is 34.8 Å². The Morgan fingerprint density at radius 2 is 1.76 bits per heavy atom. The number of alkyl halides is 3. The number of carbonyl (C=O) groups is 1. The fourth-order valence-corrected chi connectivity index (χ4v) is 6.21. The van der Waals surface area contributed by atoms with Gasteiger partial charge < -0.3 is 9.64 Å². The van der Waals surface area contributed by atoms with Gasteiger partial charge in [-0.15, -0.1) is 11.3 Å². The Morgan fingerprint density at radius 1 is 1.09 bits per heavy atom. The van der Waals surface area contributed by atoms with E-state index in [9.17, 15) is 26.4 Å². The number of halogens is 3. The molecule has 0 unspecified atom stereocenters. The summed E-state index contributed by atoms with van der Waals surface area (Å²) in [5.74, 6) is 0. The Morgan fingerprint density at radius 3 is 2.35 bits per heavy atom. The van der Waals surface area contributed by atoms with Crippen molar-refractivity contribution in [1.29, 1.82) is 0 Å². The molecule has 2 aromatic rings. The number of fused-ring (bicyclic) bond motifs is 1.